The van der Waals surface area contributed by atoms with E-state index in [4.69, 9.17) is 4.74 Å². The van der Waals surface area contributed by atoms with Crippen LogP contribution in [-0.4, -0.2) is 23.3 Å². The van der Waals surface area contributed by atoms with Crippen LogP contribution in [0.15, 0.2) is 22.5 Å². The number of anilines is 1. The van der Waals surface area contributed by atoms with Crippen LogP contribution in [0.1, 0.15) is 37.7 Å². The van der Waals surface area contributed by atoms with E-state index < -0.39 is 0 Å². The number of benzene rings is 1. The van der Waals surface area contributed by atoms with Crippen molar-refractivity contribution in [2.24, 2.45) is 0 Å². The molecule has 23 heavy (non-hydrogen) atoms. The molecule has 0 aliphatic heterocycles. The fraction of sp³-hybridized carbons (Fsp3) is 0.500. The van der Waals surface area contributed by atoms with Crippen molar-refractivity contribution in [3.63, 3.8) is 0 Å². The average molecular weight is 353 g/mol. The number of hydrogen-bond acceptors (Lipinski definition) is 6. The number of aromatic nitrogens is 2. The van der Waals surface area contributed by atoms with Crippen molar-refractivity contribution in [3.05, 3.63) is 29.6 Å². The highest BCUT2D eigenvalue weighted by molar-refractivity contribution is 8.00. The lowest BCUT2D eigenvalue weighted by Gasteiger charge is -2.21. The molecule has 1 aliphatic rings. The molecule has 1 heterocycles. The van der Waals surface area contributed by atoms with Crippen LogP contribution in [0.2, 0.25) is 0 Å². The molecule has 1 saturated carbocycles. The average Bonchev–Trinajstić information content (AvgIpc) is 3.01. The molecule has 3 rings (SSSR count). The third kappa shape index (κ3) is 4.57. The van der Waals surface area contributed by atoms with Crippen LogP contribution in [-0.2, 0) is 5.75 Å². The lowest BCUT2D eigenvalue weighted by molar-refractivity contribution is 0.386. The summed E-state index contributed by atoms with van der Waals surface area (Å²) in [5.41, 5.74) is 0.908. The monoisotopic (exact) mass is 353 g/mol. The molecule has 0 saturated heterocycles. The SMILES string of the molecule is COc1ccc(CSc2nnc(NC3CCCCC3)s2)cc1F. The molecule has 1 fully saturated rings. The van der Waals surface area contributed by atoms with Gasteiger partial charge in [-0.3, -0.25) is 0 Å². The van der Waals surface area contributed by atoms with Gasteiger partial charge in [-0.05, 0) is 30.5 Å². The standard InChI is InChI=1S/C16H20FN3OS2/c1-21-14-8-7-11(9-13(14)17)10-22-16-20-19-15(23-16)18-12-5-3-2-4-6-12/h7-9,12H,2-6,10H2,1H3,(H,18,19). The van der Waals surface area contributed by atoms with Gasteiger partial charge in [0.25, 0.3) is 0 Å². The molecule has 124 valence electrons. The zero-order valence-electron chi connectivity index (χ0n) is 13.0. The van der Waals surface area contributed by atoms with Gasteiger partial charge in [0.15, 0.2) is 15.9 Å². The maximum absolute atomic E-state index is 13.7. The Balaban J connectivity index is 1.53. The van der Waals surface area contributed by atoms with E-state index in [1.165, 1.54) is 45.3 Å². The van der Waals surface area contributed by atoms with Crippen LogP contribution < -0.4 is 10.1 Å². The van der Waals surface area contributed by atoms with Crippen LogP contribution in [0.3, 0.4) is 0 Å². The van der Waals surface area contributed by atoms with Crippen LogP contribution in [0.5, 0.6) is 5.75 Å². The van der Waals surface area contributed by atoms with Crippen LogP contribution in [0.25, 0.3) is 0 Å². The number of thioether (sulfide) groups is 1. The Morgan fingerprint density at radius 1 is 1.30 bits per heavy atom. The maximum atomic E-state index is 13.7. The Kier molecular flexibility index (Phi) is 5.72. The summed E-state index contributed by atoms with van der Waals surface area (Å²) in [6.07, 6.45) is 6.36. The van der Waals surface area contributed by atoms with Gasteiger partial charge in [0.1, 0.15) is 0 Å². The highest BCUT2D eigenvalue weighted by Crippen LogP contribution is 2.31. The summed E-state index contributed by atoms with van der Waals surface area (Å²) in [6.45, 7) is 0. The van der Waals surface area contributed by atoms with Gasteiger partial charge in [0.2, 0.25) is 5.13 Å². The Morgan fingerprint density at radius 2 is 2.13 bits per heavy atom. The Morgan fingerprint density at radius 3 is 2.87 bits per heavy atom. The molecule has 2 aromatic rings. The molecule has 0 unspecified atom stereocenters. The number of ether oxygens (including phenoxy) is 1. The smallest absolute Gasteiger partial charge is 0.206 e. The molecule has 1 aromatic heterocycles. The van der Waals surface area contributed by atoms with Crippen LogP contribution >= 0.6 is 23.1 Å². The molecule has 7 heteroatoms. The van der Waals surface area contributed by atoms with E-state index >= 15 is 0 Å². The van der Waals surface area contributed by atoms with E-state index in [1.807, 2.05) is 6.07 Å². The molecule has 1 aliphatic carbocycles. The van der Waals surface area contributed by atoms with Crippen molar-refractivity contribution in [1.82, 2.24) is 10.2 Å². The van der Waals surface area contributed by atoms with Crippen molar-refractivity contribution in [3.8, 4) is 5.75 Å². The lowest BCUT2D eigenvalue weighted by Crippen LogP contribution is -2.21. The highest BCUT2D eigenvalue weighted by atomic mass is 32.2. The van der Waals surface area contributed by atoms with E-state index in [0.717, 1.165) is 15.0 Å². The van der Waals surface area contributed by atoms with Gasteiger partial charge in [-0.1, -0.05) is 48.4 Å². The molecule has 1 aromatic carbocycles. The van der Waals surface area contributed by atoms with Crippen LogP contribution in [0, 0.1) is 5.82 Å². The van der Waals surface area contributed by atoms with Gasteiger partial charge in [0.05, 0.1) is 7.11 Å². The first-order chi connectivity index (χ1) is 11.2. The summed E-state index contributed by atoms with van der Waals surface area (Å²) < 4.78 is 19.5. The molecule has 0 atom stereocenters. The molecular weight excluding hydrogens is 333 g/mol. The predicted octanol–water partition coefficient (Wildman–Crippen LogP) is 4.72. The molecule has 4 nitrogen and oxygen atoms in total. The minimum Gasteiger partial charge on any atom is -0.494 e. The maximum Gasteiger partial charge on any atom is 0.206 e. The second-order valence-electron chi connectivity index (χ2n) is 5.61. The number of methoxy groups -OCH3 is 1. The number of nitrogens with one attached hydrogen (secondary N) is 1. The Hall–Kier alpha value is -1.34. The normalized spacial score (nSPS) is 15.6. The fourth-order valence-electron chi connectivity index (χ4n) is 2.69. The molecule has 0 amide bonds. The highest BCUT2D eigenvalue weighted by Gasteiger charge is 2.15. The second kappa shape index (κ2) is 7.97. The Bertz CT molecular complexity index is 644. The first-order valence-corrected chi connectivity index (χ1v) is 9.60. The lowest BCUT2D eigenvalue weighted by atomic mass is 9.96. The van der Waals surface area contributed by atoms with Crippen molar-refractivity contribution < 1.29 is 9.13 Å². The molecule has 0 bridgehead atoms. The molecule has 0 spiro atoms. The summed E-state index contributed by atoms with van der Waals surface area (Å²) in [4.78, 5) is 0. The van der Waals surface area contributed by atoms with Crippen molar-refractivity contribution >= 4 is 28.2 Å². The molecule has 1 N–H and O–H groups in total. The predicted molar refractivity (Wildman–Crippen MR) is 92.9 cm³/mol. The summed E-state index contributed by atoms with van der Waals surface area (Å²) in [5.74, 6) is 0.607. The van der Waals surface area contributed by atoms with Gasteiger partial charge in [-0.15, -0.1) is 10.2 Å². The topological polar surface area (TPSA) is 47.0 Å². The minimum absolute atomic E-state index is 0.272. The first kappa shape index (κ1) is 16.5. The largest absolute Gasteiger partial charge is 0.494 e. The third-order valence-corrected chi connectivity index (χ3v) is 5.98. The number of hydrogen-bond donors (Lipinski definition) is 1. The van der Waals surface area contributed by atoms with Crippen LogP contribution in [0.4, 0.5) is 9.52 Å². The third-order valence-electron chi connectivity index (χ3n) is 3.92. The Labute approximate surface area is 143 Å². The van der Waals surface area contributed by atoms with Gasteiger partial charge in [-0.25, -0.2) is 4.39 Å². The molecular formula is C16H20FN3OS2. The minimum atomic E-state index is -0.331. The van der Waals surface area contributed by atoms with Crippen molar-refractivity contribution in [2.45, 2.75) is 48.2 Å². The first-order valence-electron chi connectivity index (χ1n) is 7.80. The van der Waals surface area contributed by atoms with E-state index in [-0.39, 0.29) is 11.6 Å². The van der Waals surface area contributed by atoms with Crippen molar-refractivity contribution in [2.75, 3.05) is 12.4 Å². The quantitative estimate of drug-likeness (QED) is 0.761. The number of rotatable bonds is 6. The van der Waals surface area contributed by atoms with Gasteiger partial charge >= 0.3 is 0 Å². The molecule has 0 radical (unpaired) electrons. The van der Waals surface area contributed by atoms with Gasteiger partial charge in [0, 0.05) is 11.8 Å². The fourth-order valence-corrected chi connectivity index (χ4v) is 4.46. The summed E-state index contributed by atoms with van der Waals surface area (Å²) in [5, 5.41) is 12.8. The van der Waals surface area contributed by atoms with E-state index in [1.54, 1.807) is 29.2 Å². The summed E-state index contributed by atoms with van der Waals surface area (Å²) in [7, 11) is 1.47. The summed E-state index contributed by atoms with van der Waals surface area (Å²) in [6, 6.07) is 5.57. The van der Waals surface area contributed by atoms with E-state index in [9.17, 15) is 4.39 Å². The zero-order chi connectivity index (χ0) is 16.1. The zero-order valence-corrected chi connectivity index (χ0v) is 14.7. The number of halogens is 1. The van der Waals surface area contributed by atoms with E-state index in [2.05, 4.69) is 15.5 Å². The van der Waals surface area contributed by atoms with E-state index in [0.29, 0.717) is 11.8 Å². The summed E-state index contributed by atoms with van der Waals surface area (Å²) >= 11 is 3.14. The number of nitrogens with zero attached hydrogens (tertiary/aromatic N) is 2. The van der Waals surface area contributed by atoms with Gasteiger partial charge < -0.3 is 10.1 Å². The van der Waals surface area contributed by atoms with Gasteiger partial charge in [-0.2, -0.15) is 0 Å². The second-order valence-corrected chi connectivity index (χ2v) is 7.81. The van der Waals surface area contributed by atoms with Crippen molar-refractivity contribution in [1.29, 1.82) is 0 Å².